The number of pyridine rings is 1. The maximum absolute atomic E-state index is 12.2. The van der Waals surface area contributed by atoms with Gasteiger partial charge < -0.3 is 14.7 Å². The second-order valence-corrected chi connectivity index (χ2v) is 5.36. The topological polar surface area (TPSA) is 62.7 Å². The predicted octanol–water partition coefficient (Wildman–Crippen LogP) is 1.46. The second kappa shape index (κ2) is 6.98. The smallest absolute Gasteiger partial charge is 0.272 e. The number of rotatable bonds is 4. The predicted molar refractivity (Wildman–Crippen MR) is 73.9 cm³/mol. The summed E-state index contributed by atoms with van der Waals surface area (Å²) in [4.78, 5) is 18.1. The Labute approximate surface area is 120 Å². The van der Waals surface area contributed by atoms with Crippen molar-refractivity contribution in [1.82, 2.24) is 9.88 Å². The Balaban J connectivity index is 1.87. The largest absolute Gasteiger partial charge is 0.394 e. The number of ether oxygens (including phenoxy) is 1. The number of aromatic nitrogens is 1. The van der Waals surface area contributed by atoms with Crippen LogP contribution < -0.4 is 0 Å². The molecule has 1 fully saturated rings. The van der Waals surface area contributed by atoms with Crippen molar-refractivity contribution in [3.05, 3.63) is 28.5 Å². The maximum atomic E-state index is 12.2. The second-order valence-electron chi connectivity index (χ2n) is 4.45. The lowest BCUT2D eigenvalue weighted by atomic mass is 10.1. The van der Waals surface area contributed by atoms with Gasteiger partial charge in [0.05, 0.1) is 19.3 Å². The molecule has 0 aliphatic carbocycles. The van der Waals surface area contributed by atoms with E-state index in [2.05, 4.69) is 20.9 Å². The number of amides is 1. The molecule has 6 heteroatoms. The minimum Gasteiger partial charge on any atom is -0.394 e. The van der Waals surface area contributed by atoms with Gasteiger partial charge in [-0.1, -0.05) is 0 Å². The van der Waals surface area contributed by atoms with E-state index in [0.29, 0.717) is 25.4 Å². The Kier molecular flexibility index (Phi) is 5.30. The number of carbonyl (C=O) groups is 1. The first-order valence-corrected chi connectivity index (χ1v) is 7.13. The van der Waals surface area contributed by atoms with Gasteiger partial charge in [-0.3, -0.25) is 4.79 Å². The molecule has 5 nitrogen and oxygen atoms in total. The Morgan fingerprint density at radius 2 is 2.21 bits per heavy atom. The molecule has 1 saturated heterocycles. The average molecular weight is 329 g/mol. The Morgan fingerprint density at radius 3 is 2.79 bits per heavy atom. The van der Waals surface area contributed by atoms with Crippen LogP contribution in [0.4, 0.5) is 0 Å². The minimum atomic E-state index is -0.0342. The standard InChI is InChI=1S/C13H17BrN2O3/c14-10-1-2-12(15-9-10)13(18)16-5-3-11(4-6-16)19-8-7-17/h1-2,9,11,17H,3-8H2. The fourth-order valence-electron chi connectivity index (χ4n) is 2.11. The third-order valence-corrected chi connectivity index (χ3v) is 3.59. The first-order valence-electron chi connectivity index (χ1n) is 6.34. The number of aliphatic hydroxyl groups is 1. The molecule has 19 heavy (non-hydrogen) atoms. The van der Waals surface area contributed by atoms with Crippen molar-refractivity contribution in [3.8, 4) is 0 Å². The van der Waals surface area contributed by atoms with E-state index in [-0.39, 0.29) is 18.6 Å². The molecule has 2 rings (SSSR count). The van der Waals surface area contributed by atoms with Crippen LogP contribution in [0.15, 0.2) is 22.8 Å². The number of nitrogens with zero attached hydrogens (tertiary/aromatic N) is 2. The number of aliphatic hydroxyl groups excluding tert-OH is 1. The third kappa shape index (κ3) is 3.99. The van der Waals surface area contributed by atoms with Crippen LogP contribution in [0.3, 0.4) is 0 Å². The molecule has 2 heterocycles. The molecular weight excluding hydrogens is 312 g/mol. The lowest BCUT2D eigenvalue weighted by molar-refractivity contribution is -0.00564. The van der Waals surface area contributed by atoms with Gasteiger partial charge in [0.15, 0.2) is 0 Å². The third-order valence-electron chi connectivity index (χ3n) is 3.12. The molecule has 0 saturated carbocycles. The maximum Gasteiger partial charge on any atom is 0.272 e. The summed E-state index contributed by atoms with van der Waals surface area (Å²) in [6.45, 7) is 1.76. The Morgan fingerprint density at radius 1 is 1.47 bits per heavy atom. The van der Waals surface area contributed by atoms with Crippen LogP contribution in [0.5, 0.6) is 0 Å². The lowest BCUT2D eigenvalue weighted by Crippen LogP contribution is -2.41. The average Bonchev–Trinajstić information content (AvgIpc) is 2.46. The van der Waals surface area contributed by atoms with Gasteiger partial charge in [0.25, 0.3) is 5.91 Å². The zero-order chi connectivity index (χ0) is 13.7. The van der Waals surface area contributed by atoms with E-state index in [1.165, 1.54) is 0 Å². The molecule has 0 bridgehead atoms. The van der Waals surface area contributed by atoms with Crippen molar-refractivity contribution in [2.45, 2.75) is 18.9 Å². The van der Waals surface area contributed by atoms with Crippen molar-refractivity contribution in [2.75, 3.05) is 26.3 Å². The van der Waals surface area contributed by atoms with E-state index < -0.39 is 0 Å². The molecule has 1 aliphatic rings. The number of piperidine rings is 1. The van der Waals surface area contributed by atoms with Crippen LogP contribution in [0.25, 0.3) is 0 Å². The van der Waals surface area contributed by atoms with Gasteiger partial charge >= 0.3 is 0 Å². The van der Waals surface area contributed by atoms with Crippen LogP contribution in [0, 0.1) is 0 Å². The van der Waals surface area contributed by atoms with Crippen molar-refractivity contribution in [2.24, 2.45) is 0 Å². The summed E-state index contributed by atoms with van der Waals surface area (Å²) >= 11 is 3.30. The SMILES string of the molecule is O=C(c1ccc(Br)cn1)N1CCC(OCCO)CC1. The molecule has 1 aliphatic heterocycles. The molecule has 104 valence electrons. The van der Waals surface area contributed by atoms with E-state index in [4.69, 9.17) is 9.84 Å². The van der Waals surface area contributed by atoms with E-state index >= 15 is 0 Å². The summed E-state index contributed by atoms with van der Waals surface area (Å²) in [5.74, 6) is -0.0342. The fraction of sp³-hybridized carbons (Fsp3) is 0.538. The zero-order valence-corrected chi connectivity index (χ0v) is 12.2. The summed E-state index contributed by atoms with van der Waals surface area (Å²) in [5, 5.41) is 8.71. The highest BCUT2D eigenvalue weighted by molar-refractivity contribution is 9.10. The summed E-state index contributed by atoms with van der Waals surface area (Å²) in [6.07, 6.45) is 3.39. The van der Waals surface area contributed by atoms with Crippen LogP contribution in [0.1, 0.15) is 23.3 Å². The molecule has 1 amide bonds. The number of likely N-dealkylation sites (tertiary alicyclic amines) is 1. The summed E-state index contributed by atoms with van der Waals surface area (Å²) in [5.41, 5.74) is 0.470. The summed E-state index contributed by atoms with van der Waals surface area (Å²) < 4.78 is 6.33. The van der Waals surface area contributed by atoms with Crippen molar-refractivity contribution < 1.29 is 14.6 Å². The van der Waals surface area contributed by atoms with Gasteiger partial charge in [-0.2, -0.15) is 0 Å². The first-order chi connectivity index (χ1) is 9.20. The summed E-state index contributed by atoms with van der Waals surface area (Å²) in [6, 6.07) is 3.54. The number of halogens is 1. The van der Waals surface area contributed by atoms with Gasteiger partial charge in [-0.05, 0) is 40.9 Å². The molecule has 0 radical (unpaired) electrons. The molecule has 1 aromatic rings. The van der Waals surface area contributed by atoms with Gasteiger partial charge in [-0.15, -0.1) is 0 Å². The van der Waals surface area contributed by atoms with Crippen LogP contribution in [-0.4, -0.2) is 53.3 Å². The normalized spacial score (nSPS) is 16.6. The van der Waals surface area contributed by atoms with Gasteiger partial charge in [0.2, 0.25) is 0 Å². The Hall–Kier alpha value is -0.980. The van der Waals surface area contributed by atoms with Crippen molar-refractivity contribution in [3.63, 3.8) is 0 Å². The molecule has 1 aromatic heterocycles. The van der Waals surface area contributed by atoms with Crippen LogP contribution >= 0.6 is 15.9 Å². The molecule has 0 aromatic carbocycles. The fourth-order valence-corrected chi connectivity index (χ4v) is 2.34. The highest BCUT2D eigenvalue weighted by atomic mass is 79.9. The highest BCUT2D eigenvalue weighted by Crippen LogP contribution is 2.16. The number of hydrogen-bond donors (Lipinski definition) is 1. The van der Waals surface area contributed by atoms with E-state index in [0.717, 1.165) is 17.3 Å². The van der Waals surface area contributed by atoms with E-state index in [1.54, 1.807) is 17.2 Å². The van der Waals surface area contributed by atoms with Gasteiger partial charge in [0.1, 0.15) is 5.69 Å². The van der Waals surface area contributed by atoms with E-state index in [9.17, 15) is 4.79 Å². The van der Waals surface area contributed by atoms with Crippen molar-refractivity contribution >= 4 is 21.8 Å². The zero-order valence-electron chi connectivity index (χ0n) is 10.6. The van der Waals surface area contributed by atoms with E-state index in [1.807, 2.05) is 6.07 Å². The minimum absolute atomic E-state index is 0.0342. The summed E-state index contributed by atoms with van der Waals surface area (Å²) in [7, 11) is 0. The lowest BCUT2D eigenvalue weighted by Gasteiger charge is -2.31. The highest BCUT2D eigenvalue weighted by Gasteiger charge is 2.24. The first kappa shape index (κ1) is 14.4. The molecule has 0 unspecified atom stereocenters. The number of carbonyl (C=O) groups excluding carboxylic acids is 1. The quantitative estimate of drug-likeness (QED) is 0.908. The van der Waals surface area contributed by atoms with Crippen LogP contribution in [-0.2, 0) is 4.74 Å². The molecule has 0 atom stereocenters. The van der Waals surface area contributed by atoms with Gasteiger partial charge in [0, 0.05) is 23.8 Å². The molecule has 1 N–H and O–H groups in total. The van der Waals surface area contributed by atoms with Gasteiger partial charge in [-0.25, -0.2) is 4.98 Å². The monoisotopic (exact) mass is 328 g/mol. The Bertz CT molecular complexity index is 416. The number of hydrogen-bond acceptors (Lipinski definition) is 4. The molecular formula is C13H17BrN2O3. The van der Waals surface area contributed by atoms with Crippen LogP contribution in [0.2, 0.25) is 0 Å². The molecule has 0 spiro atoms. The van der Waals surface area contributed by atoms with Crippen molar-refractivity contribution in [1.29, 1.82) is 0 Å².